The molecule has 0 fully saturated rings. The van der Waals surface area contributed by atoms with Crippen LogP contribution in [0.4, 0.5) is 5.69 Å². The average Bonchev–Trinajstić information content (AvgIpc) is 3.00. The Balaban J connectivity index is 1.82. The minimum absolute atomic E-state index is 0.132. The van der Waals surface area contributed by atoms with Crippen LogP contribution in [-0.4, -0.2) is 26.3 Å². The maximum Gasteiger partial charge on any atom is 0.335 e. The predicted molar refractivity (Wildman–Crippen MR) is 124 cm³/mol. The number of carbonyl (C=O) groups is 1. The molecule has 2 aromatic carbocycles. The Hall–Kier alpha value is -3.91. The molecule has 32 heavy (non-hydrogen) atoms. The van der Waals surface area contributed by atoms with Gasteiger partial charge in [0.1, 0.15) is 5.56 Å². The number of H-pyrrole nitrogens is 1. The van der Waals surface area contributed by atoms with Gasteiger partial charge in [0.25, 0.3) is 11.5 Å². The van der Waals surface area contributed by atoms with Crippen LogP contribution in [0.15, 0.2) is 62.7 Å². The quantitative estimate of drug-likeness (QED) is 0.597. The Morgan fingerprint density at radius 1 is 1.03 bits per heavy atom. The van der Waals surface area contributed by atoms with E-state index in [9.17, 15) is 19.5 Å². The SMILES string of the molecule is CC1=NN(c2ccc(C)cc2C)C(=O)C1=Cc1c(O)n(-c2ccc(Cl)cc2)c(=O)[nH]c1=O. The number of aryl methyl sites for hydroxylation is 2. The fraction of sp³-hybridized carbons (Fsp3) is 0.130. The molecular weight excluding hydrogens is 432 g/mol. The first kappa shape index (κ1) is 21.3. The van der Waals surface area contributed by atoms with E-state index in [-0.39, 0.29) is 11.1 Å². The van der Waals surface area contributed by atoms with Crippen molar-refractivity contribution in [2.45, 2.75) is 20.8 Å². The number of carbonyl (C=O) groups excluding carboxylic acids is 1. The van der Waals surface area contributed by atoms with Crippen LogP contribution in [0.3, 0.4) is 0 Å². The molecule has 0 unspecified atom stereocenters. The van der Waals surface area contributed by atoms with Gasteiger partial charge in [-0.3, -0.25) is 14.6 Å². The number of amides is 1. The number of nitrogens with one attached hydrogen (secondary N) is 1. The zero-order chi connectivity index (χ0) is 23.2. The number of hydrogen-bond acceptors (Lipinski definition) is 5. The van der Waals surface area contributed by atoms with Crippen molar-refractivity contribution in [3.8, 4) is 11.6 Å². The van der Waals surface area contributed by atoms with Gasteiger partial charge in [0.2, 0.25) is 5.88 Å². The Labute approximate surface area is 187 Å². The Morgan fingerprint density at radius 3 is 2.38 bits per heavy atom. The molecule has 1 aromatic heterocycles. The molecule has 0 saturated carbocycles. The third-order valence-corrected chi connectivity index (χ3v) is 5.39. The van der Waals surface area contributed by atoms with Gasteiger partial charge in [-0.1, -0.05) is 29.3 Å². The number of hydrazone groups is 1. The summed E-state index contributed by atoms with van der Waals surface area (Å²) in [6, 6.07) is 11.7. The fourth-order valence-corrected chi connectivity index (χ4v) is 3.66. The van der Waals surface area contributed by atoms with Gasteiger partial charge < -0.3 is 5.11 Å². The van der Waals surface area contributed by atoms with Crippen LogP contribution in [-0.2, 0) is 4.79 Å². The van der Waals surface area contributed by atoms with Crippen LogP contribution < -0.4 is 16.3 Å². The number of benzene rings is 2. The molecule has 3 aromatic rings. The molecule has 4 rings (SSSR count). The molecule has 0 bridgehead atoms. The lowest BCUT2D eigenvalue weighted by atomic mass is 10.1. The van der Waals surface area contributed by atoms with Crippen LogP contribution in [0, 0.1) is 13.8 Å². The van der Waals surface area contributed by atoms with Crippen molar-refractivity contribution in [2.75, 3.05) is 5.01 Å². The highest BCUT2D eigenvalue weighted by molar-refractivity contribution is 6.32. The highest BCUT2D eigenvalue weighted by atomic mass is 35.5. The Morgan fingerprint density at radius 2 is 1.72 bits per heavy atom. The first-order chi connectivity index (χ1) is 15.2. The molecule has 162 valence electrons. The van der Waals surface area contributed by atoms with Crippen molar-refractivity contribution < 1.29 is 9.90 Å². The van der Waals surface area contributed by atoms with Gasteiger partial charge in [0, 0.05) is 5.02 Å². The van der Waals surface area contributed by atoms with Gasteiger partial charge in [0.05, 0.1) is 22.7 Å². The lowest BCUT2D eigenvalue weighted by molar-refractivity contribution is -0.114. The zero-order valence-electron chi connectivity index (χ0n) is 17.5. The van der Waals surface area contributed by atoms with Gasteiger partial charge in [-0.25, -0.2) is 9.36 Å². The number of hydrogen-bond donors (Lipinski definition) is 2. The molecule has 0 aliphatic carbocycles. The van der Waals surface area contributed by atoms with E-state index in [0.717, 1.165) is 15.7 Å². The van der Waals surface area contributed by atoms with E-state index in [1.54, 1.807) is 25.1 Å². The summed E-state index contributed by atoms with van der Waals surface area (Å²) in [7, 11) is 0. The van der Waals surface area contributed by atoms with Gasteiger partial charge >= 0.3 is 5.69 Å². The molecular formula is C23H19ClN4O4. The van der Waals surface area contributed by atoms with Crippen molar-refractivity contribution in [3.63, 3.8) is 0 Å². The first-order valence-corrected chi connectivity index (χ1v) is 10.1. The zero-order valence-corrected chi connectivity index (χ0v) is 18.3. The average molecular weight is 451 g/mol. The monoisotopic (exact) mass is 450 g/mol. The lowest BCUT2D eigenvalue weighted by Crippen LogP contribution is -2.30. The number of rotatable bonds is 3. The molecule has 1 aliphatic rings. The molecule has 2 heterocycles. The van der Waals surface area contributed by atoms with E-state index in [1.165, 1.54) is 23.2 Å². The highest BCUT2D eigenvalue weighted by Gasteiger charge is 2.30. The van der Waals surface area contributed by atoms with E-state index in [2.05, 4.69) is 10.1 Å². The largest absolute Gasteiger partial charge is 0.494 e. The highest BCUT2D eigenvalue weighted by Crippen LogP contribution is 2.29. The van der Waals surface area contributed by atoms with Crippen molar-refractivity contribution in [1.29, 1.82) is 0 Å². The predicted octanol–water partition coefficient (Wildman–Crippen LogP) is 3.31. The second kappa shape index (κ2) is 7.97. The smallest absolute Gasteiger partial charge is 0.335 e. The van der Waals surface area contributed by atoms with Crippen molar-refractivity contribution in [2.24, 2.45) is 5.10 Å². The second-order valence-electron chi connectivity index (χ2n) is 7.46. The third kappa shape index (κ3) is 3.65. The van der Waals surface area contributed by atoms with Gasteiger partial charge in [-0.05, 0) is 62.7 Å². The fourth-order valence-electron chi connectivity index (χ4n) is 3.53. The molecule has 9 heteroatoms. The Bertz CT molecular complexity index is 1430. The maximum atomic E-state index is 13.1. The summed E-state index contributed by atoms with van der Waals surface area (Å²) in [6.07, 6.45) is 1.24. The van der Waals surface area contributed by atoms with Crippen LogP contribution in [0.5, 0.6) is 5.88 Å². The van der Waals surface area contributed by atoms with E-state index in [4.69, 9.17) is 11.6 Å². The molecule has 0 spiro atoms. The van der Waals surface area contributed by atoms with E-state index in [1.807, 2.05) is 26.0 Å². The third-order valence-electron chi connectivity index (χ3n) is 5.14. The van der Waals surface area contributed by atoms with Crippen LogP contribution in [0.1, 0.15) is 23.6 Å². The van der Waals surface area contributed by atoms with Gasteiger partial charge in [0.15, 0.2) is 0 Å². The van der Waals surface area contributed by atoms with Crippen molar-refractivity contribution in [1.82, 2.24) is 9.55 Å². The molecule has 8 nitrogen and oxygen atoms in total. The number of aromatic nitrogens is 2. The number of aromatic amines is 1. The molecule has 0 saturated heterocycles. The van der Waals surface area contributed by atoms with E-state index in [0.29, 0.717) is 22.1 Å². The number of nitrogens with zero attached hydrogens (tertiary/aromatic N) is 3. The molecule has 1 amide bonds. The number of halogens is 1. The molecule has 0 atom stereocenters. The maximum absolute atomic E-state index is 13.1. The van der Waals surface area contributed by atoms with Crippen LogP contribution in [0.2, 0.25) is 5.02 Å². The second-order valence-corrected chi connectivity index (χ2v) is 7.90. The molecule has 0 radical (unpaired) electrons. The van der Waals surface area contributed by atoms with Crippen molar-refractivity contribution in [3.05, 3.63) is 90.6 Å². The first-order valence-electron chi connectivity index (χ1n) is 9.70. The summed E-state index contributed by atoms with van der Waals surface area (Å²) in [5.41, 5.74) is 1.46. The summed E-state index contributed by atoms with van der Waals surface area (Å²) in [4.78, 5) is 40.1. The summed E-state index contributed by atoms with van der Waals surface area (Å²) in [5, 5.41) is 16.8. The summed E-state index contributed by atoms with van der Waals surface area (Å²) in [6.45, 7) is 5.46. The van der Waals surface area contributed by atoms with Gasteiger partial charge in [-0.15, -0.1) is 0 Å². The van der Waals surface area contributed by atoms with Crippen LogP contribution >= 0.6 is 11.6 Å². The standard InChI is InChI=1S/C23H19ClN4O4/c1-12-4-9-19(13(2)10-12)28-22(31)17(14(3)26-28)11-18-20(29)25-23(32)27(21(18)30)16-7-5-15(24)6-8-16/h4-11,30H,1-3H3,(H,25,29,32). The minimum Gasteiger partial charge on any atom is -0.494 e. The van der Waals surface area contributed by atoms with E-state index < -0.39 is 23.0 Å². The normalized spacial score (nSPS) is 14.9. The lowest BCUT2D eigenvalue weighted by Gasteiger charge is -2.15. The molecule has 1 aliphatic heterocycles. The molecule has 2 N–H and O–H groups in total. The number of anilines is 1. The van der Waals surface area contributed by atoms with E-state index >= 15 is 0 Å². The summed E-state index contributed by atoms with van der Waals surface area (Å²) in [5.74, 6) is -1.04. The van der Waals surface area contributed by atoms with Crippen LogP contribution in [0.25, 0.3) is 11.8 Å². The topological polar surface area (TPSA) is 108 Å². The minimum atomic E-state index is -0.823. The summed E-state index contributed by atoms with van der Waals surface area (Å²) >= 11 is 5.89. The summed E-state index contributed by atoms with van der Waals surface area (Å²) < 4.78 is 0.928. The van der Waals surface area contributed by atoms with Crippen molar-refractivity contribution >= 4 is 35.0 Å². The Kier molecular flexibility index (Phi) is 5.31. The number of aromatic hydroxyl groups is 1. The van der Waals surface area contributed by atoms with Gasteiger partial charge in [-0.2, -0.15) is 10.1 Å².